The largest absolute Gasteiger partial charge is 0.353 e. The van der Waals surface area contributed by atoms with Crippen molar-refractivity contribution >= 4 is 40.1 Å². The Morgan fingerprint density at radius 1 is 1.36 bits per heavy atom. The van der Waals surface area contributed by atoms with Crippen molar-refractivity contribution in [1.29, 1.82) is 0 Å². The predicted octanol–water partition coefficient (Wildman–Crippen LogP) is 3.39. The second-order valence-electron chi connectivity index (χ2n) is 6.97. The zero-order chi connectivity index (χ0) is 20.1. The molecule has 1 saturated heterocycles. The number of hydrogen-bond acceptors (Lipinski definition) is 6. The van der Waals surface area contributed by atoms with E-state index in [4.69, 9.17) is 0 Å². The summed E-state index contributed by atoms with van der Waals surface area (Å²) in [7, 11) is 0. The lowest BCUT2D eigenvalue weighted by atomic mass is 9.95. The van der Waals surface area contributed by atoms with Crippen LogP contribution in [-0.2, 0) is 9.59 Å². The third-order valence-electron chi connectivity index (χ3n) is 4.94. The number of nitrogens with zero attached hydrogens (tertiary/aromatic N) is 3. The fourth-order valence-corrected chi connectivity index (χ4v) is 4.73. The molecule has 1 saturated carbocycles. The summed E-state index contributed by atoms with van der Waals surface area (Å²) < 4.78 is 0. The van der Waals surface area contributed by atoms with Gasteiger partial charge in [0, 0.05) is 31.1 Å². The normalized spacial score (nSPS) is 21.9. The molecule has 0 aromatic heterocycles. The summed E-state index contributed by atoms with van der Waals surface area (Å²) in [4.78, 5) is 41.5. The molecule has 1 unspecified atom stereocenters. The Morgan fingerprint density at radius 3 is 2.79 bits per heavy atom. The lowest BCUT2D eigenvalue weighted by Gasteiger charge is -2.23. The summed E-state index contributed by atoms with van der Waals surface area (Å²) in [6.45, 7) is 2.27. The van der Waals surface area contributed by atoms with E-state index in [-0.39, 0.29) is 30.0 Å². The smallest absolute Gasteiger partial charge is 0.271 e. The van der Waals surface area contributed by atoms with Gasteiger partial charge in [0.15, 0.2) is 5.17 Å². The van der Waals surface area contributed by atoms with Gasteiger partial charge in [-0.3, -0.25) is 24.6 Å². The molecule has 0 spiro atoms. The third-order valence-corrected chi connectivity index (χ3v) is 6.12. The molecule has 1 aliphatic carbocycles. The SMILES string of the molecule is CCN1C(=O)C(CC(=O)NC2CCCCC2)SC1=Nc1cccc([N+](=O)[O-])c1. The van der Waals surface area contributed by atoms with Crippen molar-refractivity contribution in [2.45, 2.75) is 56.7 Å². The van der Waals surface area contributed by atoms with Crippen LogP contribution in [0.25, 0.3) is 0 Å². The Kier molecular flexibility index (Phi) is 6.66. The van der Waals surface area contributed by atoms with Crippen LogP contribution < -0.4 is 5.32 Å². The zero-order valence-electron chi connectivity index (χ0n) is 15.8. The molecule has 2 amide bonds. The highest BCUT2D eigenvalue weighted by molar-refractivity contribution is 8.15. The average Bonchev–Trinajstić information content (AvgIpc) is 2.96. The van der Waals surface area contributed by atoms with Gasteiger partial charge in [0.1, 0.15) is 5.25 Å². The highest BCUT2D eigenvalue weighted by atomic mass is 32.2. The number of thioether (sulfide) groups is 1. The molecule has 1 N–H and O–H groups in total. The van der Waals surface area contributed by atoms with E-state index >= 15 is 0 Å². The van der Waals surface area contributed by atoms with Crippen LogP contribution in [0.15, 0.2) is 29.3 Å². The predicted molar refractivity (Wildman–Crippen MR) is 109 cm³/mol. The first-order valence-electron chi connectivity index (χ1n) is 9.58. The van der Waals surface area contributed by atoms with Crippen LogP contribution in [0.2, 0.25) is 0 Å². The van der Waals surface area contributed by atoms with Crippen molar-refractivity contribution in [1.82, 2.24) is 10.2 Å². The summed E-state index contributed by atoms with van der Waals surface area (Å²) >= 11 is 1.25. The maximum absolute atomic E-state index is 12.7. The molecular weight excluding hydrogens is 380 g/mol. The van der Waals surface area contributed by atoms with Gasteiger partial charge in [-0.05, 0) is 25.8 Å². The summed E-state index contributed by atoms with van der Waals surface area (Å²) in [5.74, 6) is -0.249. The topological polar surface area (TPSA) is 105 Å². The van der Waals surface area contributed by atoms with Gasteiger partial charge in [-0.25, -0.2) is 4.99 Å². The molecule has 8 nitrogen and oxygen atoms in total. The van der Waals surface area contributed by atoms with E-state index in [0.29, 0.717) is 17.4 Å². The van der Waals surface area contributed by atoms with Gasteiger partial charge in [0.05, 0.1) is 10.6 Å². The van der Waals surface area contributed by atoms with E-state index < -0.39 is 10.2 Å². The molecule has 1 aromatic rings. The molecule has 3 rings (SSSR count). The molecule has 150 valence electrons. The Labute approximate surface area is 167 Å². The number of nitro benzene ring substituents is 1. The van der Waals surface area contributed by atoms with Crippen LogP contribution in [-0.4, -0.2) is 44.6 Å². The highest BCUT2D eigenvalue weighted by Crippen LogP contribution is 2.32. The molecule has 0 radical (unpaired) electrons. The van der Waals surface area contributed by atoms with E-state index in [2.05, 4.69) is 10.3 Å². The Bertz CT molecular complexity index is 792. The standard InChI is InChI=1S/C19H24N4O4S/c1-2-22-18(25)16(12-17(24)20-13-7-4-3-5-8-13)28-19(22)21-14-9-6-10-15(11-14)23(26)27/h6,9-11,13,16H,2-5,7-8,12H2,1H3,(H,20,24). The molecule has 1 aliphatic heterocycles. The first kappa shape index (κ1) is 20.3. The summed E-state index contributed by atoms with van der Waals surface area (Å²) in [6.07, 6.45) is 5.59. The summed E-state index contributed by atoms with van der Waals surface area (Å²) in [5.41, 5.74) is 0.359. The average molecular weight is 404 g/mol. The summed E-state index contributed by atoms with van der Waals surface area (Å²) in [6, 6.07) is 6.19. The number of nitro groups is 1. The third kappa shape index (κ3) is 4.89. The van der Waals surface area contributed by atoms with Gasteiger partial charge in [0.2, 0.25) is 11.8 Å². The molecule has 9 heteroatoms. The monoisotopic (exact) mass is 404 g/mol. The molecule has 1 atom stereocenters. The van der Waals surface area contributed by atoms with Crippen molar-refractivity contribution in [3.05, 3.63) is 34.4 Å². The van der Waals surface area contributed by atoms with Crippen LogP contribution in [0.5, 0.6) is 0 Å². The number of carbonyl (C=O) groups is 2. The van der Waals surface area contributed by atoms with E-state index in [1.807, 2.05) is 6.92 Å². The molecule has 1 heterocycles. The number of rotatable bonds is 6. The van der Waals surface area contributed by atoms with Gasteiger partial charge in [-0.15, -0.1) is 0 Å². The van der Waals surface area contributed by atoms with Crippen LogP contribution >= 0.6 is 11.8 Å². The molecule has 2 aliphatic rings. The van der Waals surface area contributed by atoms with Crippen molar-refractivity contribution in [3.63, 3.8) is 0 Å². The number of aliphatic imine (C=N–C) groups is 1. The quantitative estimate of drug-likeness (QED) is 0.578. The van der Waals surface area contributed by atoms with Gasteiger partial charge >= 0.3 is 0 Å². The van der Waals surface area contributed by atoms with Crippen LogP contribution in [0, 0.1) is 10.1 Å². The molecule has 28 heavy (non-hydrogen) atoms. The number of amidine groups is 1. The fourth-order valence-electron chi connectivity index (χ4n) is 3.50. The molecule has 1 aromatic carbocycles. The molecular formula is C19H24N4O4S. The number of amides is 2. The molecule has 2 fully saturated rings. The van der Waals surface area contributed by atoms with E-state index in [1.165, 1.54) is 35.2 Å². The number of benzene rings is 1. The minimum atomic E-state index is -0.513. The van der Waals surface area contributed by atoms with Gasteiger partial charge in [-0.1, -0.05) is 37.1 Å². The second-order valence-corrected chi connectivity index (χ2v) is 8.14. The van der Waals surface area contributed by atoms with Crippen LogP contribution in [0.1, 0.15) is 45.4 Å². The van der Waals surface area contributed by atoms with E-state index in [9.17, 15) is 19.7 Å². The minimum Gasteiger partial charge on any atom is -0.353 e. The van der Waals surface area contributed by atoms with Crippen molar-refractivity contribution in [2.24, 2.45) is 4.99 Å². The lowest BCUT2D eigenvalue weighted by Crippen LogP contribution is -2.39. The zero-order valence-corrected chi connectivity index (χ0v) is 16.6. The number of nitrogens with one attached hydrogen (secondary N) is 1. The number of hydrogen-bond donors (Lipinski definition) is 1. The number of non-ortho nitro benzene ring substituents is 1. The first-order chi connectivity index (χ1) is 13.5. The van der Waals surface area contributed by atoms with Crippen molar-refractivity contribution < 1.29 is 14.5 Å². The lowest BCUT2D eigenvalue weighted by molar-refractivity contribution is -0.384. The van der Waals surface area contributed by atoms with Crippen LogP contribution in [0.4, 0.5) is 11.4 Å². The maximum atomic E-state index is 12.7. The molecule has 0 bridgehead atoms. The maximum Gasteiger partial charge on any atom is 0.271 e. The van der Waals surface area contributed by atoms with Crippen molar-refractivity contribution in [3.8, 4) is 0 Å². The van der Waals surface area contributed by atoms with Crippen LogP contribution in [0.3, 0.4) is 0 Å². The fraction of sp³-hybridized carbons (Fsp3) is 0.526. The van der Waals surface area contributed by atoms with Crippen molar-refractivity contribution in [2.75, 3.05) is 6.54 Å². The van der Waals surface area contributed by atoms with E-state index in [0.717, 1.165) is 25.7 Å². The Morgan fingerprint density at radius 2 is 2.11 bits per heavy atom. The Balaban J connectivity index is 1.68. The highest BCUT2D eigenvalue weighted by Gasteiger charge is 2.38. The van der Waals surface area contributed by atoms with Gasteiger partial charge in [0.25, 0.3) is 5.69 Å². The van der Waals surface area contributed by atoms with Gasteiger partial charge < -0.3 is 5.32 Å². The Hall–Kier alpha value is -2.42. The minimum absolute atomic E-state index is 0.0531. The summed E-state index contributed by atoms with van der Waals surface area (Å²) in [5, 5.41) is 14.0. The second kappa shape index (κ2) is 9.18. The van der Waals surface area contributed by atoms with E-state index in [1.54, 1.807) is 12.1 Å². The van der Waals surface area contributed by atoms with Gasteiger partial charge in [-0.2, -0.15) is 0 Å². The first-order valence-corrected chi connectivity index (χ1v) is 10.5. The number of carbonyl (C=O) groups excluding carboxylic acids is 2.